The summed E-state index contributed by atoms with van der Waals surface area (Å²) in [5.41, 5.74) is 6.35. The molecule has 0 amide bonds. The lowest BCUT2D eigenvalue weighted by Crippen LogP contribution is -2.42. The van der Waals surface area contributed by atoms with E-state index in [2.05, 4.69) is 4.74 Å². The SMILES string of the molecule is COC(=O)OC(C)C(C)C(c1ccc(OC(=O)OC(C)C(C)C)c(OC(=O)OC(C)C(C)C)c1)[C@H](N)C(=O)O. The molecule has 0 aromatic heterocycles. The van der Waals surface area contributed by atoms with E-state index in [4.69, 9.17) is 29.4 Å². The lowest BCUT2D eigenvalue weighted by Gasteiger charge is -2.31. The van der Waals surface area contributed by atoms with Gasteiger partial charge < -0.3 is 39.3 Å². The lowest BCUT2D eigenvalue weighted by atomic mass is 9.79. The number of carbonyl (C=O) groups excluding carboxylic acids is 3. The van der Waals surface area contributed by atoms with Gasteiger partial charge in [0.2, 0.25) is 0 Å². The van der Waals surface area contributed by atoms with Crippen LogP contribution in [0.1, 0.15) is 66.9 Å². The van der Waals surface area contributed by atoms with Crippen molar-refractivity contribution in [3.8, 4) is 11.5 Å². The third-order valence-electron chi connectivity index (χ3n) is 6.61. The molecule has 0 aliphatic carbocycles. The van der Waals surface area contributed by atoms with Crippen molar-refractivity contribution in [3.05, 3.63) is 23.8 Å². The van der Waals surface area contributed by atoms with Gasteiger partial charge in [0.05, 0.1) is 7.11 Å². The number of carboxylic acids is 1. The van der Waals surface area contributed by atoms with Crippen LogP contribution < -0.4 is 15.2 Å². The molecule has 39 heavy (non-hydrogen) atoms. The summed E-state index contributed by atoms with van der Waals surface area (Å²) in [6.07, 6.45) is -4.76. The third-order valence-corrected chi connectivity index (χ3v) is 6.61. The Labute approximate surface area is 229 Å². The molecular weight excluding hydrogens is 514 g/mol. The Morgan fingerprint density at radius 3 is 1.62 bits per heavy atom. The highest BCUT2D eigenvalue weighted by molar-refractivity contribution is 5.75. The van der Waals surface area contributed by atoms with Gasteiger partial charge in [0.25, 0.3) is 0 Å². The van der Waals surface area contributed by atoms with Crippen molar-refractivity contribution >= 4 is 24.4 Å². The number of hydrogen-bond donors (Lipinski definition) is 2. The number of nitrogens with two attached hydrogens (primary N) is 1. The predicted octanol–water partition coefficient (Wildman–Crippen LogP) is 5.11. The van der Waals surface area contributed by atoms with Crippen LogP contribution in [0.3, 0.4) is 0 Å². The monoisotopic (exact) mass is 555 g/mol. The van der Waals surface area contributed by atoms with Crippen LogP contribution in [-0.4, -0.2) is 61.0 Å². The Kier molecular flexibility index (Phi) is 13.0. The van der Waals surface area contributed by atoms with Gasteiger partial charge in [-0.3, -0.25) is 4.79 Å². The summed E-state index contributed by atoms with van der Waals surface area (Å²) < 4.78 is 30.9. The molecular formula is C27H41NO11. The zero-order valence-corrected chi connectivity index (χ0v) is 24.0. The van der Waals surface area contributed by atoms with Crippen molar-refractivity contribution in [3.63, 3.8) is 0 Å². The summed E-state index contributed by atoms with van der Waals surface area (Å²) in [5.74, 6) is -3.24. The first kappa shape index (κ1) is 33.5. The van der Waals surface area contributed by atoms with E-state index in [9.17, 15) is 24.3 Å². The van der Waals surface area contributed by atoms with Gasteiger partial charge in [-0.1, -0.05) is 40.7 Å². The molecule has 0 spiro atoms. The number of ether oxygens (including phenoxy) is 6. The van der Waals surface area contributed by atoms with E-state index < -0.39 is 60.6 Å². The fourth-order valence-electron chi connectivity index (χ4n) is 3.29. The maximum Gasteiger partial charge on any atom is 0.514 e. The molecule has 12 nitrogen and oxygen atoms in total. The van der Waals surface area contributed by atoms with Crippen LogP contribution in [0.15, 0.2) is 18.2 Å². The number of hydrogen-bond acceptors (Lipinski definition) is 11. The number of methoxy groups -OCH3 is 1. The first-order valence-electron chi connectivity index (χ1n) is 12.7. The molecule has 0 bridgehead atoms. The second-order valence-electron chi connectivity index (χ2n) is 10.1. The molecule has 0 saturated heterocycles. The van der Waals surface area contributed by atoms with E-state index in [1.54, 1.807) is 27.7 Å². The standard InChI is InChI=1S/C27H41NO11/c1-13(2)16(6)35-26(32)38-20-11-10-19(12-21(20)39-27(33)36-17(7)14(3)4)22(23(28)24(29)30)15(5)18(8)37-25(31)34-9/h10-18,22-23H,28H2,1-9H3,(H,29,30)/t15?,16?,17?,18?,22?,23-/m0/s1. The average molecular weight is 556 g/mol. The Morgan fingerprint density at radius 2 is 1.18 bits per heavy atom. The molecule has 12 heteroatoms. The summed E-state index contributed by atoms with van der Waals surface area (Å²) in [6, 6.07) is 2.68. The summed E-state index contributed by atoms with van der Waals surface area (Å²) in [6.45, 7) is 14.1. The molecule has 1 rings (SSSR count). The van der Waals surface area contributed by atoms with Crippen molar-refractivity contribution in [2.24, 2.45) is 23.5 Å². The Bertz CT molecular complexity index is 994. The van der Waals surface area contributed by atoms with E-state index in [0.717, 1.165) is 7.11 Å². The van der Waals surface area contributed by atoms with Gasteiger partial charge in [0, 0.05) is 11.8 Å². The maximum absolute atomic E-state index is 12.5. The van der Waals surface area contributed by atoms with Gasteiger partial charge in [-0.05, 0) is 50.3 Å². The Balaban J connectivity index is 3.49. The normalized spacial score (nSPS) is 15.8. The van der Waals surface area contributed by atoms with E-state index in [1.165, 1.54) is 18.2 Å². The van der Waals surface area contributed by atoms with Crippen molar-refractivity contribution < 1.29 is 52.7 Å². The van der Waals surface area contributed by atoms with Crippen LogP contribution >= 0.6 is 0 Å². The van der Waals surface area contributed by atoms with Gasteiger partial charge in [-0.2, -0.15) is 0 Å². The highest BCUT2D eigenvalue weighted by Gasteiger charge is 2.36. The van der Waals surface area contributed by atoms with E-state index in [-0.39, 0.29) is 23.3 Å². The number of carbonyl (C=O) groups is 4. The molecule has 6 atom stereocenters. The van der Waals surface area contributed by atoms with E-state index in [1.807, 2.05) is 27.7 Å². The Morgan fingerprint density at radius 1 is 0.718 bits per heavy atom. The van der Waals surface area contributed by atoms with E-state index >= 15 is 0 Å². The number of benzene rings is 1. The Hall–Kier alpha value is -3.54. The van der Waals surface area contributed by atoms with Crippen LogP contribution in [0, 0.1) is 17.8 Å². The van der Waals surface area contributed by atoms with Crippen LogP contribution in [0.5, 0.6) is 11.5 Å². The second-order valence-corrected chi connectivity index (χ2v) is 10.1. The first-order chi connectivity index (χ1) is 18.1. The zero-order chi connectivity index (χ0) is 30.0. The zero-order valence-electron chi connectivity index (χ0n) is 24.0. The number of carboxylic acid groups (broad SMARTS) is 1. The summed E-state index contributed by atoms with van der Waals surface area (Å²) >= 11 is 0. The van der Waals surface area contributed by atoms with Crippen LogP contribution in [0.2, 0.25) is 0 Å². The molecule has 0 saturated carbocycles. The molecule has 0 aliphatic rings. The minimum absolute atomic E-state index is 0.00203. The summed E-state index contributed by atoms with van der Waals surface area (Å²) in [7, 11) is 1.15. The first-order valence-corrected chi connectivity index (χ1v) is 12.7. The maximum atomic E-state index is 12.5. The molecule has 1 aromatic carbocycles. The highest BCUT2D eigenvalue weighted by Crippen LogP contribution is 2.37. The molecule has 0 fully saturated rings. The topological polar surface area (TPSA) is 170 Å². The highest BCUT2D eigenvalue weighted by atomic mass is 16.8. The summed E-state index contributed by atoms with van der Waals surface area (Å²) in [4.78, 5) is 48.5. The van der Waals surface area contributed by atoms with Gasteiger partial charge in [0.15, 0.2) is 11.5 Å². The molecule has 0 radical (unpaired) electrons. The van der Waals surface area contributed by atoms with Gasteiger partial charge in [-0.15, -0.1) is 0 Å². The number of aliphatic carboxylic acids is 1. The summed E-state index contributed by atoms with van der Waals surface area (Å²) in [5, 5.41) is 9.69. The number of rotatable bonds is 12. The molecule has 5 unspecified atom stereocenters. The van der Waals surface area contributed by atoms with Gasteiger partial charge in [0.1, 0.15) is 24.4 Å². The van der Waals surface area contributed by atoms with Crippen molar-refractivity contribution in [1.29, 1.82) is 0 Å². The van der Waals surface area contributed by atoms with Crippen LogP contribution in [0.4, 0.5) is 14.4 Å². The fraction of sp³-hybridized carbons (Fsp3) is 0.630. The van der Waals surface area contributed by atoms with Gasteiger partial charge in [-0.25, -0.2) is 14.4 Å². The lowest BCUT2D eigenvalue weighted by molar-refractivity contribution is -0.139. The molecule has 220 valence electrons. The van der Waals surface area contributed by atoms with Crippen molar-refractivity contribution in [1.82, 2.24) is 0 Å². The van der Waals surface area contributed by atoms with Gasteiger partial charge >= 0.3 is 24.4 Å². The van der Waals surface area contributed by atoms with E-state index in [0.29, 0.717) is 5.56 Å². The van der Waals surface area contributed by atoms with Crippen LogP contribution in [0.25, 0.3) is 0 Å². The quantitative estimate of drug-likeness (QED) is 0.199. The minimum Gasteiger partial charge on any atom is -0.480 e. The predicted molar refractivity (Wildman–Crippen MR) is 140 cm³/mol. The molecule has 1 aromatic rings. The fourth-order valence-corrected chi connectivity index (χ4v) is 3.29. The molecule has 0 aliphatic heterocycles. The largest absolute Gasteiger partial charge is 0.514 e. The third kappa shape index (κ3) is 10.3. The van der Waals surface area contributed by atoms with Crippen molar-refractivity contribution in [2.45, 2.75) is 85.7 Å². The van der Waals surface area contributed by atoms with Crippen molar-refractivity contribution in [2.75, 3.05) is 7.11 Å². The average Bonchev–Trinajstić information content (AvgIpc) is 2.84. The molecule has 3 N–H and O–H groups in total. The second kappa shape index (κ2) is 15.2. The molecule has 0 heterocycles. The van der Waals surface area contributed by atoms with Crippen LogP contribution in [-0.2, 0) is 23.7 Å². The minimum atomic E-state index is -1.44. The smallest absolute Gasteiger partial charge is 0.480 e.